The van der Waals surface area contributed by atoms with Crippen molar-refractivity contribution < 1.29 is 13.6 Å². The molecule has 0 radical (unpaired) electrons. The van der Waals surface area contributed by atoms with Gasteiger partial charge in [-0.25, -0.2) is 8.78 Å². The lowest BCUT2D eigenvalue weighted by Gasteiger charge is -2.14. The number of anilines is 2. The van der Waals surface area contributed by atoms with Crippen molar-refractivity contribution in [3.63, 3.8) is 0 Å². The molecule has 21 heavy (non-hydrogen) atoms. The van der Waals surface area contributed by atoms with E-state index in [1.165, 1.54) is 6.07 Å². The van der Waals surface area contributed by atoms with Crippen LogP contribution in [0.25, 0.3) is 0 Å². The first-order valence-electron chi connectivity index (χ1n) is 6.59. The van der Waals surface area contributed by atoms with E-state index in [1.54, 1.807) is 18.2 Å². The minimum atomic E-state index is -0.999. The summed E-state index contributed by atoms with van der Waals surface area (Å²) in [6.45, 7) is 3.92. The summed E-state index contributed by atoms with van der Waals surface area (Å²) < 4.78 is 26.0. The molecule has 0 fully saturated rings. The van der Waals surface area contributed by atoms with Gasteiger partial charge in [0.1, 0.15) is 0 Å². The molecule has 0 aliphatic carbocycles. The highest BCUT2D eigenvalue weighted by Crippen LogP contribution is 2.19. The van der Waals surface area contributed by atoms with Crippen LogP contribution in [0.2, 0.25) is 0 Å². The molecule has 1 amide bonds. The summed E-state index contributed by atoms with van der Waals surface area (Å²) in [5.74, 6) is -2.33. The van der Waals surface area contributed by atoms with Gasteiger partial charge in [-0.2, -0.15) is 0 Å². The average molecular weight is 290 g/mol. The van der Waals surface area contributed by atoms with Crippen molar-refractivity contribution in [2.24, 2.45) is 0 Å². The Balaban J connectivity index is 2.22. The van der Waals surface area contributed by atoms with Crippen LogP contribution in [0.15, 0.2) is 42.5 Å². The highest BCUT2D eigenvalue weighted by atomic mass is 19.2. The quantitative estimate of drug-likeness (QED) is 0.892. The Labute approximate surface area is 122 Å². The molecule has 5 heteroatoms. The molecule has 110 valence electrons. The molecule has 0 aliphatic rings. The molecule has 0 aliphatic heterocycles. The summed E-state index contributed by atoms with van der Waals surface area (Å²) in [5.41, 5.74) is 1.33. The standard InChI is InChI=1S/C16H16F2N2O/c1-10(2)19-15-6-4-3-5-12(15)16(21)20-11-7-8-13(17)14(18)9-11/h3-10,19H,1-2H3,(H,20,21). The van der Waals surface area contributed by atoms with Crippen LogP contribution < -0.4 is 10.6 Å². The minimum absolute atomic E-state index is 0.169. The summed E-state index contributed by atoms with van der Waals surface area (Å²) in [5, 5.41) is 5.72. The smallest absolute Gasteiger partial charge is 0.257 e. The molecule has 0 unspecified atom stereocenters. The lowest BCUT2D eigenvalue weighted by Crippen LogP contribution is -2.17. The van der Waals surface area contributed by atoms with Crippen molar-refractivity contribution in [3.8, 4) is 0 Å². The largest absolute Gasteiger partial charge is 0.382 e. The second-order valence-electron chi connectivity index (χ2n) is 4.93. The van der Waals surface area contributed by atoms with E-state index in [-0.39, 0.29) is 17.6 Å². The zero-order chi connectivity index (χ0) is 15.4. The number of benzene rings is 2. The molecule has 0 saturated carbocycles. The maximum Gasteiger partial charge on any atom is 0.257 e. The summed E-state index contributed by atoms with van der Waals surface area (Å²) >= 11 is 0. The Bertz CT molecular complexity index is 656. The Morgan fingerprint density at radius 2 is 1.76 bits per heavy atom. The van der Waals surface area contributed by atoms with Gasteiger partial charge in [-0.3, -0.25) is 4.79 Å². The SMILES string of the molecule is CC(C)Nc1ccccc1C(=O)Nc1ccc(F)c(F)c1. The van der Waals surface area contributed by atoms with Gasteiger partial charge in [-0.05, 0) is 38.1 Å². The predicted molar refractivity (Wildman–Crippen MR) is 79.5 cm³/mol. The summed E-state index contributed by atoms with van der Waals surface area (Å²) in [4.78, 5) is 12.2. The molecule has 0 heterocycles. The second kappa shape index (κ2) is 6.35. The Kier molecular flexibility index (Phi) is 4.52. The number of para-hydroxylation sites is 1. The number of nitrogens with one attached hydrogen (secondary N) is 2. The topological polar surface area (TPSA) is 41.1 Å². The van der Waals surface area contributed by atoms with E-state index >= 15 is 0 Å². The fourth-order valence-corrected chi connectivity index (χ4v) is 1.89. The van der Waals surface area contributed by atoms with Gasteiger partial charge in [0, 0.05) is 23.5 Å². The van der Waals surface area contributed by atoms with Gasteiger partial charge >= 0.3 is 0 Å². The number of amides is 1. The van der Waals surface area contributed by atoms with Crippen LogP contribution in [-0.4, -0.2) is 11.9 Å². The molecule has 3 nitrogen and oxygen atoms in total. The number of halogens is 2. The van der Waals surface area contributed by atoms with E-state index in [4.69, 9.17) is 0 Å². The van der Waals surface area contributed by atoms with Crippen molar-refractivity contribution >= 4 is 17.3 Å². The van der Waals surface area contributed by atoms with Crippen LogP contribution >= 0.6 is 0 Å². The number of hydrogen-bond donors (Lipinski definition) is 2. The molecule has 0 saturated heterocycles. The Hall–Kier alpha value is -2.43. The lowest BCUT2D eigenvalue weighted by molar-refractivity contribution is 0.102. The monoisotopic (exact) mass is 290 g/mol. The fraction of sp³-hybridized carbons (Fsp3) is 0.188. The first-order valence-corrected chi connectivity index (χ1v) is 6.59. The van der Waals surface area contributed by atoms with Crippen molar-refractivity contribution in [2.75, 3.05) is 10.6 Å². The fourth-order valence-electron chi connectivity index (χ4n) is 1.89. The second-order valence-corrected chi connectivity index (χ2v) is 4.93. The van der Waals surface area contributed by atoms with Gasteiger partial charge < -0.3 is 10.6 Å². The lowest BCUT2D eigenvalue weighted by atomic mass is 10.1. The molecular weight excluding hydrogens is 274 g/mol. The van der Waals surface area contributed by atoms with Gasteiger partial charge in [0.15, 0.2) is 11.6 Å². The molecule has 0 atom stereocenters. The first-order chi connectivity index (χ1) is 9.97. The van der Waals surface area contributed by atoms with Crippen LogP contribution in [0.3, 0.4) is 0 Å². The number of rotatable bonds is 4. The number of carbonyl (C=O) groups is 1. The molecule has 0 spiro atoms. The first kappa shape index (κ1) is 15.0. The van der Waals surface area contributed by atoms with Crippen LogP contribution in [0.4, 0.5) is 20.2 Å². The van der Waals surface area contributed by atoms with E-state index in [1.807, 2.05) is 19.9 Å². The minimum Gasteiger partial charge on any atom is -0.382 e. The summed E-state index contributed by atoms with van der Waals surface area (Å²) in [7, 11) is 0. The van der Waals surface area contributed by atoms with E-state index in [2.05, 4.69) is 10.6 Å². The Morgan fingerprint density at radius 3 is 2.43 bits per heavy atom. The maximum absolute atomic E-state index is 13.1. The molecular formula is C16H16F2N2O. The van der Waals surface area contributed by atoms with Crippen LogP contribution in [0, 0.1) is 11.6 Å². The number of hydrogen-bond acceptors (Lipinski definition) is 2. The van der Waals surface area contributed by atoms with Gasteiger partial charge in [0.05, 0.1) is 5.56 Å². The molecule has 0 bridgehead atoms. The highest BCUT2D eigenvalue weighted by molar-refractivity contribution is 6.08. The van der Waals surface area contributed by atoms with Crippen molar-refractivity contribution in [1.82, 2.24) is 0 Å². The predicted octanol–water partition coefficient (Wildman–Crippen LogP) is 4.04. The van der Waals surface area contributed by atoms with Crippen LogP contribution in [-0.2, 0) is 0 Å². The van der Waals surface area contributed by atoms with Crippen LogP contribution in [0.1, 0.15) is 24.2 Å². The van der Waals surface area contributed by atoms with Crippen LogP contribution in [0.5, 0.6) is 0 Å². The molecule has 2 rings (SSSR count). The van der Waals surface area contributed by atoms with E-state index in [9.17, 15) is 13.6 Å². The van der Waals surface area contributed by atoms with E-state index < -0.39 is 11.6 Å². The average Bonchev–Trinajstić information content (AvgIpc) is 2.43. The third-order valence-corrected chi connectivity index (χ3v) is 2.79. The highest BCUT2D eigenvalue weighted by Gasteiger charge is 2.12. The van der Waals surface area contributed by atoms with E-state index in [0.717, 1.165) is 12.1 Å². The van der Waals surface area contributed by atoms with Crippen molar-refractivity contribution in [3.05, 3.63) is 59.7 Å². The molecule has 2 N–H and O–H groups in total. The number of carbonyl (C=O) groups excluding carboxylic acids is 1. The molecule has 2 aromatic rings. The zero-order valence-corrected chi connectivity index (χ0v) is 11.8. The summed E-state index contributed by atoms with van der Waals surface area (Å²) in [6.07, 6.45) is 0. The molecule has 0 aromatic heterocycles. The maximum atomic E-state index is 13.1. The zero-order valence-electron chi connectivity index (χ0n) is 11.8. The van der Waals surface area contributed by atoms with Gasteiger partial charge in [-0.15, -0.1) is 0 Å². The Morgan fingerprint density at radius 1 is 1.05 bits per heavy atom. The van der Waals surface area contributed by atoms with Gasteiger partial charge in [-0.1, -0.05) is 12.1 Å². The normalized spacial score (nSPS) is 10.5. The molecule has 2 aromatic carbocycles. The third kappa shape index (κ3) is 3.78. The third-order valence-electron chi connectivity index (χ3n) is 2.79. The van der Waals surface area contributed by atoms with Gasteiger partial charge in [0.2, 0.25) is 0 Å². The van der Waals surface area contributed by atoms with Gasteiger partial charge in [0.25, 0.3) is 5.91 Å². The van der Waals surface area contributed by atoms with E-state index in [0.29, 0.717) is 11.3 Å². The summed E-state index contributed by atoms with van der Waals surface area (Å²) in [6, 6.07) is 10.4. The van der Waals surface area contributed by atoms with Crippen molar-refractivity contribution in [2.45, 2.75) is 19.9 Å². The van der Waals surface area contributed by atoms with Crippen molar-refractivity contribution in [1.29, 1.82) is 0 Å².